The van der Waals surface area contributed by atoms with Crippen LogP contribution in [0.1, 0.15) is 38.2 Å². The lowest BCUT2D eigenvalue weighted by molar-refractivity contribution is 0.171. The Morgan fingerprint density at radius 2 is 1.89 bits per heavy atom. The Balaban J connectivity index is 2.19. The van der Waals surface area contributed by atoms with Crippen molar-refractivity contribution in [2.75, 3.05) is 19.8 Å². The van der Waals surface area contributed by atoms with Crippen LogP contribution in [0.25, 0.3) is 0 Å². The van der Waals surface area contributed by atoms with Crippen molar-refractivity contribution in [1.82, 2.24) is 0 Å². The highest BCUT2D eigenvalue weighted by Gasteiger charge is 2.19. The molecule has 1 aliphatic rings. The molecule has 1 heterocycles. The van der Waals surface area contributed by atoms with E-state index in [2.05, 4.69) is 26.0 Å². The van der Waals surface area contributed by atoms with Crippen LogP contribution in [0, 0.1) is 5.92 Å². The summed E-state index contributed by atoms with van der Waals surface area (Å²) < 4.78 is 11.2. The first-order chi connectivity index (χ1) is 8.72. The molecule has 1 aromatic rings. The van der Waals surface area contributed by atoms with Crippen LogP contribution in [0.4, 0.5) is 0 Å². The normalized spacial score (nSPS) is 15.8. The quantitative estimate of drug-likeness (QED) is 0.872. The van der Waals surface area contributed by atoms with Crippen LogP contribution in [0.2, 0.25) is 0 Å². The van der Waals surface area contributed by atoms with E-state index in [1.54, 1.807) is 0 Å². The molecule has 0 amide bonds. The maximum atomic E-state index is 5.65. The standard InChI is InChI=1S/C15H23NO2/c1-11(2)13(4-3-7-16)12-5-6-14-15(10-12)18-9-8-17-14/h5-6,10-11,13H,3-4,7-9,16H2,1-2H3. The van der Waals surface area contributed by atoms with Gasteiger partial charge in [0.2, 0.25) is 0 Å². The van der Waals surface area contributed by atoms with Crippen molar-refractivity contribution < 1.29 is 9.47 Å². The smallest absolute Gasteiger partial charge is 0.161 e. The van der Waals surface area contributed by atoms with Crippen molar-refractivity contribution >= 4 is 0 Å². The Bertz CT molecular complexity index is 390. The van der Waals surface area contributed by atoms with Gasteiger partial charge in [0.25, 0.3) is 0 Å². The number of rotatable bonds is 5. The second kappa shape index (κ2) is 6.10. The summed E-state index contributed by atoms with van der Waals surface area (Å²) in [6, 6.07) is 6.33. The minimum Gasteiger partial charge on any atom is -0.486 e. The molecule has 0 radical (unpaired) electrons. The summed E-state index contributed by atoms with van der Waals surface area (Å²) >= 11 is 0. The van der Waals surface area contributed by atoms with Crippen LogP contribution in [0.5, 0.6) is 11.5 Å². The second-order valence-electron chi connectivity index (χ2n) is 5.18. The summed E-state index contributed by atoms with van der Waals surface area (Å²) in [5.74, 6) is 2.91. The van der Waals surface area contributed by atoms with Gasteiger partial charge in [0.15, 0.2) is 11.5 Å². The average molecular weight is 249 g/mol. The van der Waals surface area contributed by atoms with E-state index in [-0.39, 0.29) is 0 Å². The van der Waals surface area contributed by atoms with E-state index in [0.717, 1.165) is 30.9 Å². The first kappa shape index (κ1) is 13.2. The van der Waals surface area contributed by atoms with Gasteiger partial charge in [-0.05, 0) is 48.9 Å². The molecule has 0 saturated heterocycles. The fourth-order valence-corrected chi connectivity index (χ4v) is 2.51. The summed E-state index contributed by atoms with van der Waals surface area (Å²) in [6.07, 6.45) is 2.20. The fourth-order valence-electron chi connectivity index (χ4n) is 2.51. The maximum absolute atomic E-state index is 5.65. The summed E-state index contributed by atoms with van der Waals surface area (Å²) in [5.41, 5.74) is 6.96. The molecule has 1 atom stereocenters. The first-order valence-electron chi connectivity index (χ1n) is 6.82. The van der Waals surface area contributed by atoms with Gasteiger partial charge in [0.05, 0.1) is 0 Å². The van der Waals surface area contributed by atoms with Crippen LogP contribution in [-0.4, -0.2) is 19.8 Å². The third kappa shape index (κ3) is 2.96. The van der Waals surface area contributed by atoms with Crippen molar-refractivity contribution in [3.8, 4) is 11.5 Å². The summed E-state index contributed by atoms with van der Waals surface area (Å²) in [4.78, 5) is 0. The molecule has 1 aromatic carbocycles. The second-order valence-corrected chi connectivity index (χ2v) is 5.18. The van der Waals surface area contributed by atoms with E-state index in [1.807, 2.05) is 6.07 Å². The molecule has 0 aromatic heterocycles. The molecule has 18 heavy (non-hydrogen) atoms. The number of nitrogens with two attached hydrogens (primary N) is 1. The number of hydrogen-bond donors (Lipinski definition) is 1. The summed E-state index contributed by atoms with van der Waals surface area (Å²) in [6.45, 7) is 6.57. The minimum atomic E-state index is 0.546. The van der Waals surface area contributed by atoms with Gasteiger partial charge in [-0.3, -0.25) is 0 Å². The molecular weight excluding hydrogens is 226 g/mol. The zero-order chi connectivity index (χ0) is 13.0. The highest BCUT2D eigenvalue weighted by Crippen LogP contribution is 2.36. The van der Waals surface area contributed by atoms with Crippen LogP contribution in [-0.2, 0) is 0 Å². The molecule has 0 saturated carbocycles. The van der Waals surface area contributed by atoms with Crippen molar-refractivity contribution in [2.45, 2.75) is 32.6 Å². The molecule has 0 fully saturated rings. The molecule has 2 N–H and O–H groups in total. The van der Waals surface area contributed by atoms with E-state index >= 15 is 0 Å². The molecule has 0 spiro atoms. The zero-order valence-electron chi connectivity index (χ0n) is 11.3. The number of benzene rings is 1. The number of fused-ring (bicyclic) bond motifs is 1. The Morgan fingerprint density at radius 1 is 1.17 bits per heavy atom. The molecule has 100 valence electrons. The lowest BCUT2D eigenvalue weighted by Gasteiger charge is -2.24. The highest BCUT2D eigenvalue weighted by atomic mass is 16.6. The van der Waals surface area contributed by atoms with E-state index in [0.29, 0.717) is 25.0 Å². The molecule has 0 bridgehead atoms. The van der Waals surface area contributed by atoms with E-state index in [1.165, 1.54) is 5.56 Å². The molecule has 0 aliphatic carbocycles. The van der Waals surface area contributed by atoms with E-state index in [9.17, 15) is 0 Å². The molecule has 3 nitrogen and oxygen atoms in total. The van der Waals surface area contributed by atoms with Crippen molar-refractivity contribution in [3.63, 3.8) is 0 Å². The average Bonchev–Trinajstić information content (AvgIpc) is 2.38. The Labute approximate surface area is 109 Å². The van der Waals surface area contributed by atoms with Crippen molar-refractivity contribution in [2.24, 2.45) is 11.7 Å². The van der Waals surface area contributed by atoms with Gasteiger partial charge in [-0.25, -0.2) is 0 Å². The Morgan fingerprint density at radius 3 is 2.56 bits per heavy atom. The lowest BCUT2D eigenvalue weighted by atomic mass is 9.84. The van der Waals surface area contributed by atoms with Gasteiger partial charge < -0.3 is 15.2 Å². The number of ether oxygens (including phenoxy) is 2. The van der Waals surface area contributed by atoms with E-state index in [4.69, 9.17) is 15.2 Å². The van der Waals surface area contributed by atoms with Gasteiger partial charge in [-0.2, -0.15) is 0 Å². The maximum Gasteiger partial charge on any atom is 0.161 e. The highest BCUT2D eigenvalue weighted by molar-refractivity contribution is 5.44. The SMILES string of the molecule is CC(C)C(CCCN)c1ccc2c(c1)OCCO2. The van der Waals surface area contributed by atoms with Gasteiger partial charge in [-0.1, -0.05) is 19.9 Å². The molecular formula is C15H23NO2. The third-order valence-electron chi connectivity index (χ3n) is 3.52. The molecule has 3 heteroatoms. The Hall–Kier alpha value is -1.22. The largest absolute Gasteiger partial charge is 0.486 e. The third-order valence-corrected chi connectivity index (χ3v) is 3.52. The lowest BCUT2D eigenvalue weighted by Crippen LogP contribution is -2.16. The predicted octanol–water partition coefficient (Wildman–Crippen LogP) is 2.94. The first-order valence-corrected chi connectivity index (χ1v) is 6.82. The predicted molar refractivity (Wildman–Crippen MR) is 73.3 cm³/mol. The monoisotopic (exact) mass is 249 g/mol. The van der Waals surface area contributed by atoms with Crippen LogP contribution >= 0.6 is 0 Å². The van der Waals surface area contributed by atoms with Crippen LogP contribution in [0.15, 0.2) is 18.2 Å². The summed E-state index contributed by atoms with van der Waals surface area (Å²) in [5, 5.41) is 0. The number of hydrogen-bond acceptors (Lipinski definition) is 3. The molecule has 1 unspecified atom stereocenters. The van der Waals surface area contributed by atoms with Gasteiger partial charge >= 0.3 is 0 Å². The Kier molecular flexibility index (Phi) is 4.48. The van der Waals surface area contributed by atoms with E-state index < -0.39 is 0 Å². The van der Waals surface area contributed by atoms with Gasteiger partial charge in [0, 0.05) is 0 Å². The topological polar surface area (TPSA) is 44.5 Å². The fraction of sp³-hybridized carbons (Fsp3) is 0.600. The van der Waals surface area contributed by atoms with Gasteiger partial charge in [-0.15, -0.1) is 0 Å². The minimum absolute atomic E-state index is 0.546. The summed E-state index contributed by atoms with van der Waals surface area (Å²) in [7, 11) is 0. The van der Waals surface area contributed by atoms with Crippen molar-refractivity contribution in [1.29, 1.82) is 0 Å². The van der Waals surface area contributed by atoms with Gasteiger partial charge in [0.1, 0.15) is 13.2 Å². The molecule has 2 rings (SSSR count). The zero-order valence-corrected chi connectivity index (χ0v) is 11.3. The van der Waals surface area contributed by atoms with Crippen molar-refractivity contribution in [3.05, 3.63) is 23.8 Å². The van der Waals surface area contributed by atoms with Crippen LogP contribution in [0.3, 0.4) is 0 Å². The van der Waals surface area contributed by atoms with Crippen LogP contribution < -0.4 is 15.2 Å². The molecule has 1 aliphatic heterocycles.